The van der Waals surface area contributed by atoms with Gasteiger partial charge in [0.05, 0.1) is 0 Å². The molecule has 0 aromatic heterocycles. The highest BCUT2D eigenvalue weighted by Crippen LogP contribution is 2.28. The first-order chi connectivity index (χ1) is 11.2. The van der Waals surface area contributed by atoms with Gasteiger partial charge in [-0.15, -0.1) is 0 Å². The number of likely N-dealkylation sites (tertiary alicyclic amines) is 1. The van der Waals surface area contributed by atoms with Crippen LogP contribution >= 0.6 is 0 Å². The minimum Gasteiger partial charge on any atom is -0.338 e. The Kier molecular flexibility index (Phi) is 5.49. The molecule has 1 unspecified atom stereocenters. The molecule has 0 aliphatic carbocycles. The van der Waals surface area contributed by atoms with Crippen LogP contribution in [-0.4, -0.2) is 42.0 Å². The second-order valence-corrected chi connectivity index (χ2v) is 7.44. The minimum absolute atomic E-state index is 0.0251. The smallest absolute Gasteiger partial charge is 0.319 e. The number of urea groups is 1. The van der Waals surface area contributed by atoms with Crippen LogP contribution < -0.4 is 16.4 Å². The fourth-order valence-corrected chi connectivity index (χ4v) is 2.89. The molecule has 2 rings (SSSR count). The molecule has 0 bridgehead atoms. The summed E-state index contributed by atoms with van der Waals surface area (Å²) in [7, 11) is 0. The first-order valence-corrected chi connectivity index (χ1v) is 8.41. The summed E-state index contributed by atoms with van der Waals surface area (Å²) in [4.78, 5) is 26.4. The number of nitrogens with zero attached hydrogens (tertiary/aromatic N) is 1. The number of piperidine rings is 1. The van der Waals surface area contributed by atoms with Crippen LogP contribution in [0.25, 0.3) is 0 Å². The Balaban J connectivity index is 2.08. The van der Waals surface area contributed by atoms with E-state index in [0.29, 0.717) is 24.3 Å². The number of hydrogen-bond acceptors (Lipinski definition) is 3. The van der Waals surface area contributed by atoms with Crippen LogP contribution in [0.3, 0.4) is 0 Å². The van der Waals surface area contributed by atoms with E-state index >= 15 is 0 Å². The number of nitrogens with one attached hydrogen (secondary N) is 2. The Morgan fingerprint density at radius 1 is 1.33 bits per heavy atom. The van der Waals surface area contributed by atoms with E-state index in [-0.39, 0.29) is 29.4 Å². The molecule has 6 heteroatoms. The summed E-state index contributed by atoms with van der Waals surface area (Å²) >= 11 is 0. The number of benzene rings is 1. The highest BCUT2D eigenvalue weighted by molar-refractivity contribution is 5.97. The summed E-state index contributed by atoms with van der Waals surface area (Å²) in [6, 6.07) is 6.91. The molecular weight excluding hydrogens is 304 g/mol. The fourth-order valence-electron chi connectivity index (χ4n) is 2.89. The van der Waals surface area contributed by atoms with E-state index in [4.69, 9.17) is 5.73 Å². The van der Waals surface area contributed by atoms with Crippen molar-refractivity contribution in [3.05, 3.63) is 29.8 Å². The van der Waals surface area contributed by atoms with Gasteiger partial charge in [0.25, 0.3) is 5.91 Å². The van der Waals surface area contributed by atoms with E-state index in [1.807, 2.05) is 18.7 Å². The van der Waals surface area contributed by atoms with Gasteiger partial charge >= 0.3 is 6.03 Å². The molecule has 1 aliphatic heterocycles. The molecule has 1 fully saturated rings. The van der Waals surface area contributed by atoms with Crippen molar-refractivity contribution in [2.75, 3.05) is 18.4 Å². The van der Waals surface area contributed by atoms with Crippen LogP contribution in [0, 0.1) is 5.41 Å². The molecule has 132 valence electrons. The van der Waals surface area contributed by atoms with Gasteiger partial charge in [-0.2, -0.15) is 0 Å². The second kappa shape index (κ2) is 7.21. The number of anilines is 1. The summed E-state index contributed by atoms with van der Waals surface area (Å²) in [6.07, 6.45) is 0.799. The second-order valence-electron chi connectivity index (χ2n) is 7.44. The number of carbonyl (C=O) groups excluding carboxylic acids is 2. The Labute approximate surface area is 143 Å². The van der Waals surface area contributed by atoms with Crippen molar-refractivity contribution in [3.8, 4) is 0 Å². The van der Waals surface area contributed by atoms with Crippen LogP contribution in [0.4, 0.5) is 10.5 Å². The Bertz CT molecular complexity index is 613. The quantitative estimate of drug-likeness (QED) is 0.794. The van der Waals surface area contributed by atoms with Gasteiger partial charge in [-0.3, -0.25) is 4.79 Å². The Morgan fingerprint density at radius 3 is 2.67 bits per heavy atom. The molecule has 0 saturated carbocycles. The van der Waals surface area contributed by atoms with Crippen LogP contribution in [0.15, 0.2) is 24.3 Å². The summed E-state index contributed by atoms with van der Waals surface area (Å²) in [6.45, 7) is 9.26. The van der Waals surface area contributed by atoms with Gasteiger partial charge < -0.3 is 21.3 Å². The van der Waals surface area contributed by atoms with E-state index in [2.05, 4.69) is 24.5 Å². The first-order valence-electron chi connectivity index (χ1n) is 8.41. The Morgan fingerprint density at radius 2 is 2.04 bits per heavy atom. The third-order valence-electron chi connectivity index (χ3n) is 4.39. The molecule has 1 heterocycles. The summed E-state index contributed by atoms with van der Waals surface area (Å²) in [5, 5.41) is 5.51. The molecule has 24 heavy (non-hydrogen) atoms. The first kappa shape index (κ1) is 18.3. The molecule has 0 radical (unpaired) electrons. The third kappa shape index (κ3) is 4.47. The highest BCUT2D eigenvalue weighted by atomic mass is 16.2. The molecule has 4 N–H and O–H groups in total. The monoisotopic (exact) mass is 332 g/mol. The van der Waals surface area contributed by atoms with Crippen molar-refractivity contribution >= 4 is 17.6 Å². The lowest BCUT2D eigenvalue weighted by Crippen LogP contribution is -2.54. The molecule has 1 aromatic rings. The third-order valence-corrected chi connectivity index (χ3v) is 4.39. The molecule has 6 nitrogen and oxygen atoms in total. The average Bonchev–Trinajstić information content (AvgIpc) is 2.48. The summed E-state index contributed by atoms with van der Waals surface area (Å²) < 4.78 is 0. The normalized spacial score (nSPS) is 19.9. The van der Waals surface area contributed by atoms with Gasteiger partial charge in [-0.1, -0.05) is 19.9 Å². The number of carbonyl (C=O) groups is 2. The highest BCUT2D eigenvalue weighted by Gasteiger charge is 2.35. The van der Waals surface area contributed by atoms with E-state index in [1.54, 1.807) is 24.3 Å². The van der Waals surface area contributed by atoms with E-state index in [1.165, 1.54) is 0 Å². The lowest BCUT2D eigenvalue weighted by molar-refractivity contribution is 0.0533. The molecule has 1 aliphatic rings. The lowest BCUT2D eigenvalue weighted by atomic mass is 9.79. The van der Waals surface area contributed by atoms with Crippen LogP contribution in [0.5, 0.6) is 0 Å². The molecule has 1 atom stereocenters. The van der Waals surface area contributed by atoms with Crippen molar-refractivity contribution in [2.24, 2.45) is 11.1 Å². The van der Waals surface area contributed by atoms with E-state index in [0.717, 1.165) is 6.42 Å². The molecule has 0 spiro atoms. The topological polar surface area (TPSA) is 87.5 Å². The van der Waals surface area contributed by atoms with Crippen molar-refractivity contribution in [3.63, 3.8) is 0 Å². The average molecular weight is 332 g/mol. The largest absolute Gasteiger partial charge is 0.338 e. The van der Waals surface area contributed by atoms with Gasteiger partial charge in [-0.25, -0.2) is 4.79 Å². The van der Waals surface area contributed by atoms with Gasteiger partial charge in [0.1, 0.15) is 0 Å². The predicted octanol–water partition coefficient (Wildman–Crippen LogP) is 2.42. The SMILES string of the molecule is CC(C)NC(=O)Nc1cccc(C(=O)N2CCC(N)C(C)(C)C2)c1. The predicted molar refractivity (Wildman–Crippen MR) is 96.0 cm³/mol. The van der Waals surface area contributed by atoms with E-state index in [9.17, 15) is 9.59 Å². The van der Waals surface area contributed by atoms with Crippen molar-refractivity contribution in [1.29, 1.82) is 0 Å². The maximum Gasteiger partial charge on any atom is 0.319 e. The summed E-state index contributed by atoms with van der Waals surface area (Å²) in [5.41, 5.74) is 7.22. The standard InChI is InChI=1S/C18H28N4O2/c1-12(2)20-17(24)21-14-7-5-6-13(10-14)16(23)22-9-8-15(19)18(3,4)11-22/h5-7,10,12,15H,8-9,11,19H2,1-4H3,(H2,20,21,24). The number of amides is 3. The number of nitrogens with two attached hydrogens (primary N) is 1. The zero-order valence-corrected chi connectivity index (χ0v) is 14.9. The zero-order chi connectivity index (χ0) is 17.9. The molecule has 1 aromatic carbocycles. The number of hydrogen-bond donors (Lipinski definition) is 3. The van der Waals surface area contributed by atoms with Crippen LogP contribution in [-0.2, 0) is 0 Å². The maximum atomic E-state index is 12.8. The zero-order valence-electron chi connectivity index (χ0n) is 14.9. The molecule has 3 amide bonds. The molecular formula is C18H28N4O2. The Hall–Kier alpha value is -2.08. The maximum absolute atomic E-state index is 12.8. The number of rotatable bonds is 3. The van der Waals surface area contributed by atoms with Gasteiger partial charge in [0.15, 0.2) is 0 Å². The minimum atomic E-state index is -0.278. The van der Waals surface area contributed by atoms with Crippen molar-refractivity contribution < 1.29 is 9.59 Å². The molecule has 1 saturated heterocycles. The fraction of sp³-hybridized carbons (Fsp3) is 0.556. The summed E-state index contributed by atoms with van der Waals surface area (Å²) in [5.74, 6) is -0.0251. The lowest BCUT2D eigenvalue weighted by Gasteiger charge is -2.42. The van der Waals surface area contributed by atoms with Crippen molar-refractivity contribution in [1.82, 2.24) is 10.2 Å². The van der Waals surface area contributed by atoms with Crippen molar-refractivity contribution in [2.45, 2.75) is 46.2 Å². The van der Waals surface area contributed by atoms with E-state index < -0.39 is 0 Å². The van der Waals surface area contributed by atoms with Crippen LogP contribution in [0.2, 0.25) is 0 Å². The van der Waals surface area contributed by atoms with Gasteiger partial charge in [0, 0.05) is 36.4 Å². The van der Waals surface area contributed by atoms with Gasteiger partial charge in [-0.05, 0) is 43.9 Å². The van der Waals surface area contributed by atoms with Gasteiger partial charge in [0.2, 0.25) is 0 Å². The van der Waals surface area contributed by atoms with Crippen LogP contribution in [0.1, 0.15) is 44.5 Å².